The van der Waals surface area contributed by atoms with Crippen molar-refractivity contribution < 1.29 is 10.2 Å². The Morgan fingerprint density at radius 2 is 1.44 bits per heavy atom. The lowest BCUT2D eigenvalue weighted by Gasteiger charge is -2.25. The minimum atomic E-state index is -0.307. The molecule has 1 aliphatic carbocycles. The zero-order chi connectivity index (χ0) is 6.85. The third-order valence-corrected chi connectivity index (χ3v) is 2.35. The topological polar surface area (TPSA) is 40.5 Å². The maximum absolute atomic E-state index is 9.06. The highest BCUT2D eigenvalue weighted by Gasteiger charge is 2.23. The third-order valence-electron chi connectivity index (χ3n) is 1.60. The van der Waals surface area contributed by atoms with Gasteiger partial charge < -0.3 is 10.2 Å². The fraction of sp³-hybridized carbons (Fsp3) is 1.00. The first-order valence-electron chi connectivity index (χ1n) is 3.18. The van der Waals surface area contributed by atoms with Crippen LogP contribution in [0.3, 0.4) is 0 Å². The molecule has 2 N–H and O–H groups in total. The van der Waals surface area contributed by atoms with Gasteiger partial charge in [0.05, 0.1) is 12.2 Å². The summed E-state index contributed by atoms with van der Waals surface area (Å²) in [5.74, 6) is 0. The number of halogens is 1. The van der Waals surface area contributed by atoms with Gasteiger partial charge in [-0.05, 0) is 19.3 Å². The summed E-state index contributed by atoms with van der Waals surface area (Å²) in [6.45, 7) is 0. The summed E-state index contributed by atoms with van der Waals surface area (Å²) < 4.78 is 0. The van der Waals surface area contributed by atoms with E-state index in [9.17, 15) is 0 Å². The fourth-order valence-corrected chi connectivity index (χ4v) is 2.06. The van der Waals surface area contributed by atoms with Crippen molar-refractivity contribution in [3.8, 4) is 0 Å². The Balaban J connectivity index is 2.34. The van der Waals surface area contributed by atoms with Gasteiger partial charge in [-0.25, -0.2) is 0 Å². The smallest absolute Gasteiger partial charge is 0.0575 e. The molecule has 0 heterocycles. The molecule has 0 amide bonds. The predicted octanol–water partition coefficient (Wildman–Crippen LogP) is 0.656. The van der Waals surface area contributed by atoms with E-state index in [4.69, 9.17) is 10.2 Å². The van der Waals surface area contributed by atoms with Gasteiger partial charge in [0.15, 0.2) is 0 Å². The van der Waals surface area contributed by atoms with Gasteiger partial charge in [0.1, 0.15) is 0 Å². The molecule has 1 aliphatic rings. The molecule has 0 bridgehead atoms. The molecule has 0 radical (unpaired) electrons. The molecule has 0 aromatic carbocycles. The molecule has 0 saturated heterocycles. The van der Waals surface area contributed by atoms with Crippen molar-refractivity contribution in [1.82, 2.24) is 0 Å². The predicted molar refractivity (Wildman–Crippen MR) is 38.6 cm³/mol. The van der Waals surface area contributed by atoms with Crippen LogP contribution in [-0.2, 0) is 0 Å². The van der Waals surface area contributed by atoms with Gasteiger partial charge in [-0.1, -0.05) is 15.9 Å². The standard InChI is InChI=1S/C6H11BrO2/c7-4-1-5(8)3-6(9)2-4/h4-6,8-9H,1-3H2. The van der Waals surface area contributed by atoms with E-state index >= 15 is 0 Å². The molecular formula is C6H11BrO2. The van der Waals surface area contributed by atoms with Crippen molar-refractivity contribution in [3.05, 3.63) is 0 Å². The molecule has 1 rings (SSSR count). The molecule has 2 unspecified atom stereocenters. The van der Waals surface area contributed by atoms with E-state index in [1.807, 2.05) is 0 Å². The monoisotopic (exact) mass is 194 g/mol. The quantitative estimate of drug-likeness (QED) is 0.557. The van der Waals surface area contributed by atoms with Crippen LogP contribution in [-0.4, -0.2) is 27.2 Å². The van der Waals surface area contributed by atoms with Crippen LogP contribution in [0.15, 0.2) is 0 Å². The second kappa shape index (κ2) is 2.99. The summed E-state index contributed by atoms with van der Waals surface area (Å²) in [4.78, 5) is 0.302. The van der Waals surface area contributed by atoms with E-state index in [1.54, 1.807) is 0 Å². The molecule has 2 nitrogen and oxygen atoms in total. The second-order valence-electron chi connectivity index (χ2n) is 2.61. The summed E-state index contributed by atoms with van der Waals surface area (Å²) in [5, 5.41) is 18.1. The maximum Gasteiger partial charge on any atom is 0.0575 e. The number of rotatable bonds is 0. The highest BCUT2D eigenvalue weighted by molar-refractivity contribution is 9.09. The lowest BCUT2D eigenvalue weighted by Crippen LogP contribution is -2.29. The van der Waals surface area contributed by atoms with Crippen LogP contribution >= 0.6 is 15.9 Å². The van der Waals surface area contributed by atoms with Crippen LogP contribution in [0, 0.1) is 0 Å². The maximum atomic E-state index is 9.06. The molecule has 0 aromatic heterocycles. The van der Waals surface area contributed by atoms with Crippen LogP contribution in [0.5, 0.6) is 0 Å². The largest absolute Gasteiger partial charge is 0.393 e. The lowest BCUT2D eigenvalue weighted by atomic mass is 9.95. The SMILES string of the molecule is OC1CC(O)CC(Br)C1. The van der Waals surface area contributed by atoms with Gasteiger partial charge in [0, 0.05) is 4.83 Å². The van der Waals surface area contributed by atoms with Crippen LogP contribution in [0.1, 0.15) is 19.3 Å². The minimum Gasteiger partial charge on any atom is -0.393 e. The van der Waals surface area contributed by atoms with Crippen LogP contribution < -0.4 is 0 Å². The summed E-state index contributed by atoms with van der Waals surface area (Å²) in [6, 6.07) is 0. The second-order valence-corrected chi connectivity index (χ2v) is 3.91. The molecule has 3 heteroatoms. The van der Waals surface area contributed by atoms with E-state index in [1.165, 1.54) is 0 Å². The zero-order valence-corrected chi connectivity index (χ0v) is 6.71. The van der Waals surface area contributed by atoms with Crippen LogP contribution in [0.2, 0.25) is 0 Å². The van der Waals surface area contributed by atoms with Crippen molar-refractivity contribution >= 4 is 15.9 Å². The van der Waals surface area contributed by atoms with Gasteiger partial charge >= 0.3 is 0 Å². The number of aliphatic hydroxyl groups excluding tert-OH is 2. The molecule has 0 aromatic rings. The Kier molecular flexibility index (Phi) is 2.50. The summed E-state index contributed by atoms with van der Waals surface area (Å²) >= 11 is 3.35. The number of hydrogen-bond donors (Lipinski definition) is 2. The van der Waals surface area contributed by atoms with Crippen molar-refractivity contribution in [3.63, 3.8) is 0 Å². The first kappa shape index (κ1) is 7.51. The van der Waals surface area contributed by atoms with Crippen molar-refractivity contribution in [2.24, 2.45) is 0 Å². The van der Waals surface area contributed by atoms with Crippen molar-refractivity contribution in [2.75, 3.05) is 0 Å². The highest BCUT2D eigenvalue weighted by atomic mass is 79.9. The minimum absolute atomic E-state index is 0.302. The van der Waals surface area contributed by atoms with Gasteiger partial charge in [-0.15, -0.1) is 0 Å². The molecule has 1 fully saturated rings. The Morgan fingerprint density at radius 1 is 1.00 bits per heavy atom. The summed E-state index contributed by atoms with van der Waals surface area (Å²) in [5.41, 5.74) is 0. The number of hydrogen-bond acceptors (Lipinski definition) is 2. The van der Waals surface area contributed by atoms with Crippen molar-refractivity contribution in [2.45, 2.75) is 36.3 Å². The zero-order valence-electron chi connectivity index (χ0n) is 5.13. The first-order valence-corrected chi connectivity index (χ1v) is 4.10. The Bertz CT molecular complexity index is 72.0. The third kappa shape index (κ3) is 2.24. The van der Waals surface area contributed by atoms with E-state index < -0.39 is 0 Å². The van der Waals surface area contributed by atoms with Crippen LogP contribution in [0.4, 0.5) is 0 Å². The summed E-state index contributed by atoms with van der Waals surface area (Å²) in [6.07, 6.45) is 1.48. The van der Waals surface area contributed by atoms with E-state index in [-0.39, 0.29) is 12.2 Å². The summed E-state index contributed by atoms with van der Waals surface area (Å²) in [7, 11) is 0. The highest BCUT2D eigenvalue weighted by Crippen LogP contribution is 2.24. The molecule has 0 aliphatic heterocycles. The fourth-order valence-electron chi connectivity index (χ4n) is 1.19. The van der Waals surface area contributed by atoms with Gasteiger partial charge in [0.25, 0.3) is 0 Å². The van der Waals surface area contributed by atoms with Gasteiger partial charge in [0.2, 0.25) is 0 Å². The van der Waals surface area contributed by atoms with Crippen molar-refractivity contribution in [1.29, 1.82) is 0 Å². The Labute approximate surface area is 63.0 Å². The molecular weight excluding hydrogens is 184 g/mol. The lowest BCUT2D eigenvalue weighted by molar-refractivity contribution is 0.0445. The van der Waals surface area contributed by atoms with E-state index in [2.05, 4.69) is 15.9 Å². The molecule has 54 valence electrons. The van der Waals surface area contributed by atoms with Gasteiger partial charge in [-0.2, -0.15) is 0 Å². The first-order chi connectivity index (χ1) is 4.18. The molecule has 2 atom stereocenters. The van der Waals surface area contributed by atoms with E-state index in [0.29, 0.717) is 11.2 Å². The average Bonchev–Trinajstić information content (AvgIpc) is 1.59. The number of aliphatic hydroxyl groups is 2. The Morgan fingerprint density at radius 3 is 1.78 bits per heavy atom. The Hall–Kier alpha value is 0.400. The van der Waals surface area contributed by atoms with Gasteiger partial charge in [-0.3, -0.25) is 0 Å². The number of alkyl halides is 1. The molecule has 9 heavy (non-hydrogen) atoms. The van der Waals surface area contributed by atoms with Crippen LogP contribution in [0.25, 0.3) is 0 Å². The molecule has 1 saturated carbocycles. The molecule has 0 spiro atoms. The average molecular weight is 195 g/mol. The normalized spacial score (nSPS) is 45.0. The van der Waals surface area contributed by atoms with E-state index in [0.717, 1.165) is 12.8 Å².